The van der Waals surface area contributed by atoms with E-state index in [0.717, 1.165) is 34.8 Å². The molecule has 1 aromatic heterocycles. The van der Waals surface area contributed by atoms with E-state index in [2.05, 4.69) is 5.10 Å². The Morgan fingerprint density at radius 2 is 1.77 bits per heavy atom. The van der Waals surface area contributed by atoms with E-state index in [9.17, 15) is 13.6 Å². The molecule has 3 rings (SSSR count). The second kappa shape index (κ2) is 7.07. The van der Waals surface area contributed by atoms with Gasteiger partial charge in [-0.15, -0.1) is 0 Å². The third-order valence-electron chi connectivity index (χ3n) is 4.35. The van der Waals surface area contributed by atoms with Gasteiger partial charge in [-0.1, -0.05) is 18.2 Å². The number of carbonyl (C=O) groups excluding carboxylic acids is 1. The second-order valence-electron chi connectivity index (χ2n) is 6.19. The molecule has 6 heteroatoms. The van der Waals surface area contributed by atoms with Gasteiger partial charge in [0.1, 0.15) is 0 Å². The molecule has 0 aliphatic rings. The van der Waals surface area contributed by atoms with E-state index in [-0.39, 0.29) is 11.5 Å². The van der Waals surface area contributed by atoms with Crippen LogP contribution in [0.1, 0.15) is 27.3 Å². The van der Waals surface area contributed by atoms with E-state index in [1.807, 2.05) is 48.9 Å². The van der Waals surface area contributed by atoms with Gasteiger partial charge < -0.3 is 4.90 Å². The lowest BCUT2D eigenvalue weighted by molar-refractivity contribution is 0.0784. The Morgan fingerprint density at radius 3 is 2.42 bits per heavy atom. The van der Waals surface area contributed by atoms with Crippen molar-refractivity contribution in [1.29, 1.82) is 0 Å². The van der Waals surface area contributed by atoms with Crippen molar-refractivity contribution < 1.29 is 13.6 Å². The minimum absolute atomic E-state index is 0.108. The van der Waals surface area contributed by atoms with E-state index < -0.39 is 11.6 Å². The van der Waals surface area contributed by atoms with Crippen LogP contribution in [0.5, 0.6) is 0 Å². The molecule has 0 aliphatic carbocycles. The van der Waals surface area contributed by atoms with Crippen molar-refractivity contribution in [1.82, 2.24) is 14.7 Å². The predicted octanol–water partition coefficient (Wildman–Crippen LogP) is 4.04. The normalized spacial score (nSPS) is 10.8. The molecule has 0 unspecified atom stereocenters. The van der Waals surface area contributed by atoms with Gasteiger partial charge >= 0.3 is 0 Å². The van der Waals surface area contributed by atoms with Crippen molar-refractivity contribution in [3.8, 4) is 5.69 Å². The van der Waals surface area contributed by atoms with Gasteiger partial charge in [-0.25, -0.2) is 13.5 Å². The smallest absolute Gasteiger partial charge is 0.254 e. The van der Waals surface area contributed by atoms with Crippen molar-refractivity contribution in [3.05, 3.63) is 82.7 Å². The molecule has 0 fully saturated rings. The predicted molar refractivity (Wildman–Crippen MR) is 95.2 cm³/mol. The maximum absolute atomic E-state index is 13.4. The molecule has 0 bridgehead atoms. The van der Waals surface area contributed by atoms with Gasteiger partial charge in [0.15, 0.2) is 11.6 Å². The number of para-hydroxylation sites is 1. The van der Waals surface area contributed by atoms with Gasteiger partial charge in [-0.3, -0.25) is 4.79 Å². The van der Waals surface area contributed by atoms with E-state index in [1.54, 1.807) is 7.05 Å². The molecule has 0 aliphatic heterocycles. The Kier molecular flexibility index (Phi) is 4.84. The summed E-state index contributed by atoms with van der Waals surface area (Å²) >= 11 is 0. The fourth-order valence-electron chi connectivity index (χ4n) is 2.88. The topological polar surface area (TPSA) is 38.1 Å². The Balaban J connectivity index is 1.85. The Morgan fingerprint density at radius 1 is 1.08 bits per heavy atom. The van der Waals surface area contributed by atoms with Crippen molar-refractivity contribution >= 4 is 5.91 Å². The zero-order valence-corrected chi connectivity index (χ0v) is 14.8. The largest absolute Gasteiger partial charge is 0.337 e. The van der Waals surface area contributed by atoms with E-state index in [0.29, 0.717) is 6.54 Å². The number of amides is 1. The second-order valence-corrected chi connectivity index (χ2v) is 6.19. The van der Waals surface area contributed by atoms with Gasteiger partial charge in [-0.2, -0.15) is 5.10 Å². The summed E-state index contributed by atoms with van der Waals surface area (Å²) in [6.45, 7) is 4.15. The first-order valence-corrected chi connectivity index (χ1v) is 8.19. The molecule has 0 N–H and O–H groups in total. The molecule has 134 valence electrons. The summed E-state index contributed by atoms with van der Waals surface area (Å²) in [5.74, 6) is -2.39. The number of aryl methyl sites for hydroxylation is 1. The van der Waals surface area contributed by atoms with Crippen molar-refractivity contribution in [2.24, 2.45) is 0 Å². The van der Waals surface area contributed by atoms with Crippen molar-refractivity contribution in [2.75, 3.05) is 7.05 Å². The fraction of sp³-hybridized carbons (Fsp3) is 0.200. The minimum atomic E-state index is -1.03. The first kappa shape index (κ1) is 17.8. The lowest BCUT2D eigenvalue weighted by Gasteiger charge is -2.18. The zero-order chi connectivity index (χ0) is 18.8. The molecular weight excluding hydrogens is 336 g/mol. The molecule has 4 nitrogen and oxygen atoms in total. The third kappa shape index (κ3) is 3.35. The maximum Gasteiger partial charge on any atom is 0.254 e. The van der Waals surface area contributed by atoms with Crippen LogP contribution in [0.3, 0.4) is 0 Å². The summed E-state index contributed by atoms with van der Waals surface area (Å²) in [5.41, 5.74) is 3.72. The van der Waals surface area contributed by atoms with Crippen molar-refractivity contribution in [3.63, 3.8) is 0 Å². The fourth-order valence-corrected chi connectivity index (χ4v) is 2.88. The third-order valence-corrected chi connectivity index (χ3v) is 4.35. The highest BCUT2D eigenvalue weighted by Gasteiger charge is 2.19. The summed E-state index contributed by atoms with van der Waals surface area (Å²) in [5, 5.41) is 4.56. The molecule has 0 saturated carbocycles. The standard InChI is InChI=1S/C20H19F2N3O/c1-13-17(14(2)25(23-13)16-7-5-4-6-8-16)12-24(3)20(26)15-9-10-18(21)19(22)11-15/h4-11H,12H2,1-3H3. The van der Waals surface area contributed by atoms with E-state index in [4.69, 9.17) is 0 Å². The highest BCUT2D eigenvalue weighted by molar-refractivity contribution is 5.94. The van der Waals surface area contributed by atoms with Crippen LogP contribution in [0, 0.1) is 25.5 Å². The van der Waals surface area contributed by atoms with Crippen LogP contribution >= 0.6 is 0 Å². The molecule has 0 saturated heterocycles. The van der Waals surface area contributed by atoms with Crippen LogP contribution in [0.4, 0.5) is 8.78 Å². The van der Waals surface area contributed by atoms with E-state index in [1.165, 1.54) is 11.0 Å². The quantitative estimate of drug-likeness (QED) is 0.708. The Hall–Kier alpha value is -3.02. The summed E-state index contributed by atoms with van der Waals surface area (Å²) in [6, 6.07) is 12.9. The number of halogens is 2. The number of hydrogen-bond acceptors (Lipinski definition) is 2. The highest BCUT2D eigenvalue weighted by atomic mass is 19.2. The number of aromatic nitrogens is 2. The molecule has 1 heterocycles. The number of nitrogens with zero attached hydrogens (tertiary/aromatic N) is 3. The highest BCUT2D eigenvalue weighted by Crippen LogP contribution is 2.20. The Labute approximate surface area is 150 Å². The average molecular weight is 355 g/mol. The molecule has 2 aromatic carbocycles. The Bertz CT molecular complexity index is 951. The van der Waals surface area contributed by atoms with Crippen LogP contribution in [0.15, 0.2) is 48.5 Å². The number of benzene rings is 2. The monoisotopic (exact) mass is 355 g/mol. The lowest BCUT2D eigenvalue weighted by Crippen LogP contribution is -2.26. The van der Waals surface area contributed by atoms with Crippen LogP contribution in [-0.4, -0.2) is 27.6 Å². The number of rotatable bonds is 4. The molecule has 1 amide bonds. The molecule has 3 aromatic rings. The lowest BCUT2D eigenvalue weighted by atomic mass is 10.1. The molecule has 26 heavy (non-hydrogen) atoms. The van der Waals surface area contributed by atoms with Crippen LogP contribution < -0.4 is 0 Å². The van der Waals surface area contributed by atoms with Crippen LogP contribution in [0.2, 0.25) is 0 Å². The number of carbonyl (C=O) groups is 1. The van der Waals surface area contributed by atoms with Crippen LogP contribution in [0.25, 0.3) is 5.69 Å². The van der Waals surface area contributed by atoms with Gasteiger partial charge in [0.05, 0.1) is 11.4 Å². The summed E-state index contributed by atoms with van der Waals surface area (Å²) < 4.78 is 28.3. The molecular formula is C20H19F2N3O. The average Bonchev–Trinajstić information content (AvgIpc) is 2.92. The first-order valence-electron chi connectivity index (χ1n) is 8.19. The zero-order valence-electron chi connectivity index (χ0n) is 14.8. The van der Waals surface area contributed by atoms with Crippen molar-refractivity contribution in [2.45, 2.75) is 20.4 Å². The first-order chi connectivity index (χ1) is 12.4. The maximum atomic E-state index is 13.4. The SMILES string of the molecule is Cc1nn(-c2ccccc2)c(C)c1CN(C)C(=O)c1ccc(F)c(F)c1. The number of hydrogen-bond donors (Lipinski definition) is 0. The van der Waals surface area contributed by atoms with Crippen LogP contribution in [-0.2, 0) is 6.54 Å². The van der Waals surface area contributed by atoms with Gasteiger partial charge in [0.25, 0.3) is 5.91 Å². The van der Waals surface area contributed by atoms with Gasteiger partial charge in [0, 0.05) is 30.4 Å². The van der Waals surface area contributed by atoms with Gasteiger partial charge in [0.2, 0.25) is 0 Å². The summed E-state index contributed by atoms with van der Waals surface area (Å²) in [7, 11) is 1.63. The molecule has 0 atom stereocenters. The minimum Gasteiger partial charge on any atom is -0.337 e. The summed E-state index contributed by atoms with van der Waals surface area (Å²) in [4.78, 5) is 14.0. The van der Waals surface area contributed by atoms with E-state index >= 15 is 0 Å². The molecule has 0 spiro atoms. The van der Waals surface area contributed by atoms with Gasteiger partial charge in [-0.05, 0) is 44.2 Å². The summed E-state index contributed by atoms with van der Waals surface area (Å²) in [6.07, 6.45) is 0. The molecule has 0 radical (unpaired) electrons.